The van der Waals surface area contributed by atoms with E-state index in [1.807, 2.05) is 12.1 Å². The van der Waals surface area contributed by atoms with E-state index in [2.05, 4.69) is 26.1 Å². The summed E-state index contributed by atoms with van der Waals surface area (Å²) in [5.41, 5.74) is 8.09. The lowest BCUT2D eigenvalue weighted by Gasteiger charge is -2.20. The summed E-state index contributed by atoms with van der Waals surface area (Å²) in [4.78, 5) is 11.2. The summed E-state index contributed by atoms with van der Waals surface area (Å²) in [6.45, 7) is 8.87. The van der Waals surface area contributed by atoms with Gasteiger partial charge in [0.15, 0.2) is 5.78 Å². The molecule has 0 saturated carbocycles. The van der Waals surface area contributed by atoms with Gasteiger partial charge in [-0.25, -0.2) is 0 Å². The SMILES string of the molecule is CC(=O)c1ccc(NCC(C)(C)C)cc1N. The molecular formula is C13H20N2O. The highest BCUT2D eigenvalue weighted by atomic mass is 16.1. The number of nitrogen functional groups attached to an aromatic ring is 1. The van der Waals surface area contributed by atoms with Gasteiger partial charge in [-0.05, 0) is 30.5 Å². The minimum atomic E-state index is -0.000119. The Morgan fingerprint density at radius 1 is 1.38 bits per heavy atom. The second-order valence-corrected chi connectivity index (χ2v) is 5.27. The van der Waals surface area contributed by atoms with Gasteiger partial charge in [-0.3, -0.25) is 4.79 Å². The predicted octanol–water partition coefficient (Wildman–Crippen LogP) is 2.93. The molecule has 3 N–H and O–H groups in total. The molecule has 3 heteroatoms. The van der Waals surface area contributed by atoms with Crippen LogP contribution >= 0.6 is 0 Å². The van der Waals surface area contributed by atoms with Gasteiger partial charge < -0.3 is 11.1 Å². The number of carbonyl (C=O) groups excluding carboxylic acids is 1. The van der Waals surface area contributed by atoms with Crippen molar-refractivity contribution in [1.29, 1.82) is 0 Å². The molecule has 0 unspecified atom stereocenters. The molecule has 0 atom stereocenters. The first-order valence-corrected chi connectivity index (χ1v) is 5.44. The molecule has 1 aromatic rings. The Morgan fingerprint density at radius 3 is 2.44 bits per heavy atom. The highest BCUT2D eigenvalue weighted by molar-refractivity contribution is 5.99. The Kier molecular flexibility index (Phi) is 3.58. The van der Waals surface area contributed by atoms with Crippen molar-refractivity contribution in [2.45, 2.75) is 27.7 Å². The van der Waals surface area contributed by atoms with E-state index in [-0.39, 0.29) is 11.2 Å². The van der Waals surface area contributed by atoms with Crippen LogP contribution in [0.4, 0.5) is 11.4 Å². The molecular weight excluding hydrogens is 200 g/mol. The van der Waals surface area contributed by atoms with Gasteiger partial charge in [0.05, 0.1) is 0 Å². The topological polar surface area (TPSA) is 55.1 Å². The van der Waals surface area contributed by atoms with Crippen LogP contribution in [0.3, 0.4) is 0 Å². The molecule has 1 aromatic carbocycles. The number of hydrogen-bond acceptors (Lipinski definition) is 3. The van der Waals surface area contributed by atoms with E-state index in [4.69, 9.17) is 5.73 Å². The van der Waals surface area contributed by atoms with Crippen molar-refractivity contribution in [3.05, 3.63) is 23.8 Å². The Hall–Kier alpha value is -1.51. The fourth-order valence-electron chi connectivity index (χ4n) is 1.36. The molecule has 0 radical (unpaired) electrons. The van der Waals surface area contributed by atoms with E-state index in [1.165, 1.54) is 6.92 Å². The van der Waals surface area contributed by atoms with Crippen molar-refractivity contribution in [2.75, 3.05) is 17.6 Å². The smallest absolute Gasteiger partial charge is 0.161 e. The van der Waals surface area contributed by atoms with Crippen LogP contribution in [0, 0.1) is 5.41 Å². The van der Waals surface area contributed by atoms with Gasteiger partial charge in [-0.15, -0.1) is 0 Å². The zero-order chi connectivity index (χ0) is 12.3. The molecule has 0 bridgehead atoms. The van der Waals surface area contributed by atoms with Crippen LogP contribution in [-0.2, 0) is 0 Å². The van der Waals surface area contributed by atoms with Crippen LogP contribution < -0.4 is 11.1 Å². The monoisotopic (exact) mass is 220 g/mol. The predicted molar refractivity (Wildman–Crippen MR) is 68.8 cm³/mol. The third-order valence-electron chi connectivity index (χ3n) is 2.25. The van der Waals surface area contributed by atoms with Crippen molar-refractivity contribution < 1.29 is 4.79 Å². The van der Waals surface area contributed by atoms with E-state index in [0.29, 0.717) is 11.3 Å². The Bertz CT molecular complexity index is 391. The third-order valence-corrected chi connectivity index (χ3v) is 2.25. The molecule has 0 aromatic heterocycles. The lowest BCUT2D eigenvalue weighted by atomic mass is 9.97. The first kappa shape index (κ1) is 12.6. The standard InChI is InChI=1S/C13H20N2O/c1-9(16)11-6-5-10(7-12(11)14)15-8-13(2,3)4/h5-7,15H,8,14H2,1-4H3. The van der Waals surface area contributed by atoms with Gasteiger partial charge in [0.25, 0.3) is 0 Å². The van der Waals surface area contributed by atoms with Gasteiger partial charge in [0, 0.05) is 23.5 Å². The van der Waals surface area contributed by atoms with Gasteiger partial charge >= 0.3 is 0 Å². The van der Waals surface area contributed by atoms with Crippen LogP contribution in [0.25, 0.3) is 0 Å². The summed E-state index contributed by atoms with van der Waals surface area (Å²) >= 11 is 0. The number of hydrogen-bond donors (Lipinski definition) is 2. The highest BCUT2D eigenvalue weighted by Gasteiger charge is 2.10. The Morgan fingerprint density at radius 2 is 2.00 bits per heavy atom. The third kappa shape index (κ3) is 3.57. The van der Waals surface area contributed by atoms with Crippen molar-refractivity contribution in [3.8, 4) is 0 Å². The van der Waals surface area contributed by atoms with Gasteiger partial charge in [-0.2, -0.15) is 0 Å². The second-order valence-electron chi connectivity index (χ2n) is 5.27. The molecule has 16 heavy (non-hydrogen) atoms. The van der Waals surface area contributed by atoms with E-state index < -0.39 is 0 Å². The number of benzene rings is 1. The van der Waals surface area contributed by atoms with E-state index in [1.54, 1.807) is 6.07 Å². The van der Waals surface area contributed by atoms with Crippen LogP contribution in [-0.4, -0.2) is 12.3 Å². The molecule has 0 saturated heterocycles. The zero-order valence-corrected chi connectivity index (χ0v) is 10.4. The first-order valence-electron chi connectivity index (χ1n) is 5.44. The highest BCUT2D eigenvalue weighted by Crippen LogP contribution is 2.20. The maximum atomic E-state index is 11.2. The summed E-state index contributed by atoms with van der Waals surface area (Å²) in [6, 6.07) is 5.46. The number of anilines is 2. The number of nitrogens with two attached hydrogens (primary N) is 1. The molecule has 0 aliphatic carbocycles. The second kappa shape index (κ2) is 4.56. The zero-order valence-electron chi connectivity index (χ0n) is 10.4. The molecule has 0 heterocycles. The van der Waals surface area contributed by atoms with Crippen LogP contribution in [0.5, 0.6) is 0 Å². The summed E-state index contributed by atoms with van der Waals surface area (Å²) < 4.78 is 0. The number of nitrogens with one attached hydrogen (secondary N) is 1. The van der Waals surface area contributed by atoms with Crippen molar-refractivity contribution in [3.63, 3.8) is 0 Å². The molecule has 0 aliphatic rings. The summed E-state index contributed by atoms with van der Waals surface area (Å²) in [5, 5.41) is 3.30. The molecule has 0 aliphatic heterocycles. The van der Waals surface area contributed by atoms with E-state index >= 15 is 0 Å². The lowest BCUT2D eigenvalue weighted by molar-refractivity contribution is 0.101. The normalized spacial score (nSPS) is 11.2. The van der Waals surface area contributed by atoms with E-state index in [0.717, 1.165) is 12.2 Å². The van der Waals surface area contributed by atoms with Crippen molar-refractivity contribution in [1.82, 2.24) is 0 Å². The van der Waals surface area contributed by atoms with Crippen molar-refractivity contribution >= 4 is 17.2 Å². The molecule has 0 spiro atoms. The summed E-state index contributed by atoms with van der Waals surface area (Å²) in [7, 11) is 0. The molecule has 1 rings (SSSR count). The van der Waals surface area contributed by atoms with Gasteiger partial charge in [0.2, 0.25) is 0 Å². The van der Waals surface area contributed by atoms with Crippen LogP contribution in [0.2, 0.25) is 0 Å². The minimum Gasteiger partial charge on any atom is -0.398 e. The molecule has 88 valence electrons. The Balaban J connectivity index is 2.78. The minimum absolute atomic E-state index is 0.000119. The molecule has 0 fully saturated rings. The quantitative estimate of drug-likeness (QED) is 0.608. The first-order chi connectivity index (χ1) is 7.29. The maximum absolute atomic E-state index is 11.2. The number of carbonyl (C=O) groups is 1. The average Bonchev–Trinajstić information content (AvgIpc) is 2.13. The molecule has 0 amide bonds. The lowest BCUT2D eigenvalue weighted by Crippen LogP contribution is -2.19. The molecule has 3 nitrogen and oxygen atoms in total. The fourth-order valence-corrected chi connectivity index (χ4v) is 1.36. The van der Waals surface area contributed by atoms with Gasteiger partial charge in [-0.1, -0.05) is 20.8 Å². The maximum Gasteiger partial charge on any atom is 0.161 e. The van der Waals surface area contributed by atoms with Crippen LogP contribution in [0.15, 0.2) is 18.2 Å². The number of rotatable bonds is 3. The fraction of sp³-hybridized carbons (Fsp3) is 0.462. The van der Waals surface area contributed by atoms with Gasteiger partial charge in [0.1, 0.15) is 0 Å². The Labute approximate surface area is 97.0 Å². The number of Topliss-reactive ketones (excluding diaryl/α,β-unsaturated/α-hetero) is 1. The number of ketones is 1. The summed E-state index contributed by atoms with van der Waals surface area (Å²) in [6.07, 6.45) is 0. The van der Waals surface area contributed by atoms with Crippen molar-refractivity contribution in [2.24, 2.45) is 5.41 Å². The largest absolute Gasteiger partial charge is 0.398 e. The van der Waals surface area contributed by atoms with Crippen LogP contribution in [0.1, 0.15) is 38.1 Å². The summed E-state index contributed by atoms with van der Waals surface area (Å²) in [5.74, 6) is -0.000119. The average molecular weight is 220 g/mol. The van der Waals surface area contributed by atoms with E-state index in [9.17, 15) is 4.79 Å².